The van der Waals surface area contributed by atoms with E-state index in [1.54, 1.807) is 12.1 Å². The first-order chi connectivity index (χ1) is 10.9. The lowest BCUT2D eigenvalue weighted by Gasteiger charge is -2.07. The molecule has 0 aliphatic carbocycles. The molecule has 1 aromatic heterocycles. The summed E-state index contributed by atoms with van der Waals surface area (Å²) in [5, 5.41) is 26.1. The van der Waals surface area contributed by atoms with Crippen molar-refractivity contribution < 1.29 is 23.8 Å². The first-order valence-corrected chi connectivity index (χ1v) is 6.74. The van der Waals surface area contributed by atoms with Crippen molar-refractivity contribution in [2.75, 3.05) is 6.61 Å². The molecule has 0 saturated carbocycles. The number of phenolic OH excluding ortho intramolecular Hbond substituents is 1. The minimum atomic E-state index is -1.19. The van der Waals surface area contributed by atoms with Gasteiger partial charge in [-0.1, -0.05) is 0 Å². The zero-order chi connectivity index (χ0) is 17.0. The summed E-state index contributed by atoms with van der Waals surface area (Å²) in [6.07, 6.45) is 1.28. The average molecular weight is 314 g/mol. The number of carbonyl (C=O) groups is 2. The predicted octanol–water partition coefficient (Wildman–Crippen LogP) is 1.97. The number of nitrogens with one attached hydrogen (secondary N) is 1. The highest BCUT2D eigenvalue weighted by Gasteiger charge is 2.21. The maximum Gasteiger partial charge on any atom is 0.310 e. The van der Waals surface area contributed by atoms with E-state index in [1.807, 2.05) is 0 Å². The van der Waals surface area contributed by atoms with Crippen LogP contribution in [0.25, 0.3) is 11.0 Å². The average Bonchev–Trinajstić information content (AvgIpc) is 2.87. The quantitative estimate of drug-likeness (QED) is 0.620. The molecule has 0 aliphatic heterocycles. The number of carbonyl (C=O) groups excluding carboxylic acids is 2. The summed E-state index contributed by atoms with van der Waals surface area (Å²) in [6, 6.07) is 6.21. The largest absolute Gasteiger partial charge is 0.508 e. The zero-order valence-electron chi connectivity index (χ0n) is 12.3. The van der Waals surface area contributed by atoms with E-state index in [-0.39, 0.29) is 17.9 Å². The number of nitriles is 1. The summed E-state index contributed by atoms with van der Waals surface area (Å²) >= 11 is 0. The van der Waals surface area contributed by atoms with Gasteiger partial charge in [0.1, 0.15) is 17.3 Å². The molecule has 0 amide bonds. The number of Topliss-reactive ketones (excluding diaryl/α,β-unsaturated/α-hetero) is 1. The van der Waals surface area contributed by atoms with Crippen LogP contribution in [0.15, 0.2) is 28.9 Å². The van der Waals surface area contributed by atoms with Crippen molar-refractivity contribution in [3.63, 3.8) is 0 Å². The van der Waals surface area contributed by atoms with Gasteiger partial charge in [-0.3, -0.25) is 9.59 Å². The van der Waals surface area contributed by atoms with E-state index in [0.717, 1.165) is 0 Å². The first-order valence-electron chi connectivity index (χ1n) is 6.74. The van der Waals surface area contributed by atoms with E-state index in [4.69, 9.17) is 19.8 Å². The number of rotatable bonds is 6. The Morgan fingerprint density at radius 3 is 2.87 bits per heavy atom. The van der Waals surface area contributed by atoms with Gasteiger partial charge in [-0.25, -0.2) is 0 Å². The molecule has 2 rings (SSSR count). The molecule has 1 aromatic carbocycles. The SMILES string of the molecule is CC(=N)C(C#N)C(=O)COC(=O)Cc1coc2cc(O)ccc12. The van der Waals surface area contributed by atoms with Gasteiger partial charge in [-0.2, -0.15) is 5.26 Å². The van der Waals surface area contributed by atoms with Crippen LogP contribution in [0, 0.1) is 22.7 Å². The van der Waals surface area contributed by atoms with Crippen molar-refractivity contribution in [3.05, 3.63) is 30.0 Å². The van der Waals surface area contributed by atoms with Crippen LogP contribution in [0.4, 0.5) is 0 Å². The summed E-state index contributed by atoms with van der Waals surface area (Å²) in [6.45, 7) is 0.796. The molecule has 7 nitrogen and oxygen atoms in total. The van der Waals surface area contributed by atoms with Crippen LogP contribution in [0.2, 0.25) is 0 Å². The Morgan fingerprint density at radius 2 is 2.22 bits per heavy atom. The topological polar surface area (TPSA) is 124 Å². The third-order valence-electron chi connectivity index (χ3n) is 3.23. The lowest BCUT2D eigenvalue weighted by atomic mass is 10.0. The lowest BCUT2D eigenvalue weighted by molar-refractivity contribution is -0.147. The number of aromatic hydroxyl groups is 1. The maximum atomic E-state index is 11.8. The molecule has 0 bridgehead atoms. The molecule has 2 aromatic rings. The van der Waals surface area contributed by atoms with Gasteiger partial charge in [0.05, 0.1) is 18.8 Å². The molecule has 1 heterocycles. The number of ketones is 1. The molecule has 0 spiro atoms. The highest BCUT2D eigenvalue weighted by Crippen LogP contribution is 2.25. The van der Waals surface area contributed by atoms with Crippen LogP contribution in [-0.4, -0.2) is 29.2 Å². The third kappa shape index (κ3) is 3.74. The van der Waals surface area contributed by atoms with Crippen LogP contribution < -0.4 is 0 Å². The molecule has 7 heteroatoms. The Labute approximate surface area is 131 Å². The van der Waals surface area contributed by atoms with Crippen LogP contribution in [0.1, 0.15) is 12.5 Å². The second-order valence-corrected chi connectivity index (χ2v) is 4.99. The minimum Gasteiger partial charge on any atom is -0.508 e. The van der Waals surface area contributed by atoms with Crippen molar-refractivity contribution in [3.8, 4) is 11.8 Å². The van der Waals surface area contributed by atoms with Gasteiger partial charge in [0.2, 0.25) is 0 Å². The third-order valence-corrected chi connectivity index (χ3v) is 3.23. The molecule has 0 fully saturated rings. The fourth-order valence-electron chi connectivity index (χ4n) is 2.06. The number of furan rings is 1. The van der Waals surface area contributed by atoms with Gasteiger partial charge in [0.15, 0.2) is 12.4 Å². The van der Waals surface area contributed by atoms with Crippen LogP contribution >= 0.6 is 0 Å². The molecule has 23 heavy (non-hydrogen) atoms. The number of ether oxygens (including phenoxy) is 1. The molecule has 118 valence electrons. The molecule has 0 radical (unpaired) electrons. The Morgan fingerprint density at radius 1 is 1.48 bits per heavy atom. The smallest absolute Gasteiger partial charge is 0.310 e. The Hall–Kier alpha value is -3.14. The second kappa shape index (κ2) is 6.75. The number of esters is 1. The van der Waals surface area contributed by atoms with Crippen molar-refractivity contribution in [1.82, 2.24) is 0 Å². The minimum absolute atomic E-state index is 0.0520. The number of phenols is 1. The van der Waals surface area contributed by atoms with E-state index >= 15 is 0 Å². The number of hydrogen-bond donors (Lipinski definition) is 2. The first kappa shape index (κ1) is 16.2. The Kier molecular flexibility index (Phi) is 4.76. The van der Waals surface area contributed by atoms with Crippen LogP contribution in [0.5, 0.6) is 5.75 Å². The number of fused-ring (bicyclic) bond motifs is 1. The summed E-state index contributed by atoms with van der Waals surface area (Å²) in [5.41, 5.74) is 0.916. The van der Waals surface area contributed by atoms with E-state index in [1.165, 1.54) is 25.3 Å². The van der Waals surface area contributed by atoms with Gasteiger partial charge in [0, 0.05) is 22.7 Å². The van der Waals surface area contributed by atoms with Gasteiger partial charge in [-0.05, 0) is 19.1 Å². The Balaban J connectivity index is 1.98. The molecule has 1 atom stereocenters. The van der Waals surface area contributed by atoms with E-state index in [0.29, 0.717) is 16.5 Å². The molecular weight excluding hydrogens is 300 g/mol. The highest BCUT2D eigenvalue weighted by molar-refractivity contribution is 6.06. The van der Waals surface area contributed by atoms with Gasteiger partial charge in [-0.15, -0.1) is 0 Å². The molecular formula is C16H14N2O5. The summed E-state index contributed by atoms with van der Waals surface area (Å²) in [4.78, 5) is 23.5. The summed E-state index contributed by atoms with van der Waals surface area (Å²) in [7, 11) is 0. The number of benzene rings is 1. The standard InChI is InChI=1S/C16H14N2O5/c1-9(18)13(6-17)14(20)8-23-16(21)4-10-7-22-15-5-11(19)2-3-12(10)15/h2-3,5,7,13,18-19H,4,8H2,1H3. The van der Waals surface area contributed by atoms with Gasteiger partial charge >= 0.3 is 5.97 Å². The number of hydrogen-bond acceptors (Lipinski definition) is 7. The van der Waals surface area contributed by atoms with Crippen molar-refractivity contribution >= 4 is 28.4 Å². The van der Waals surface area contributed by atoms with Crippen molar-refractivity contribution in [2.24, 2.45) is 5.92 Å². The summed E-state index contributed by atoms with van der Waals surface area (Å²) in [5.74, 6) is -2.42. The van der Waals surface area contributed by atoms with E-state index in [9.17, 15) is 14.7 Å². The fraction of sp³-hybridized carbons (Fsp3) is 0.250. The second-order valence-electron chi connectivity index (χ2n) is 4.99. The maximum absolute atomic E-state index is 11.8. The zero-order valence-corrected chi connectivity index (χ0v) is 12.3. The fourth-order valence-corrected chi connectivity index (χ4v) is 2.06. The van der Waals surface area contributed by atoms with Crippen LogP contribution in [0.3, 0.4) is 0 Å². The van der Waals surface area contributed by atoms with Crippen LogP contribution in [-0.2, 0) is 20.7 Å². The predicted molar refractivity (Wildman–Crippen MR) is 80.1 cm³/mol. The highest BCUT2D eigenvalue weighted by atomic mass is 16.5. The molecule has 0 aliphatic rings. The van der Waals surface area contributed by atoms with E-state index < -0.39 is 24.3 Å². The van der Waals surface area contributed by atoms with Gasteiger partial charge < -0.3 is 19.7 Å². The molecule has 0 saturated heterocycles. The molecule has 2 N–H and O–H groups in total. The molecule has 1 unspecified atom stereocenters. The van der Waals surface area contributed by atoms with Crippen molar-refractivity contribution in [1.29, 1.82) is 10.7 Å². The Bertz CT molecular complexity index is 815. The van der Waals surface area contributed by atoms with Crippen molar-refractivity contribution in [2.45, 2.75) is 13.3 Å². The monoisotopic (exact) mass is 314 g/mol. The summed E-state index contributed by atoms with van der Waals surface area (Å²) < 4.78 is 10.1. The number of nitrogens with zero attached hydrogens (tertiary/aromatic N) is 1. The lowest BCUT2D eigenvalue weighted by Crippen LogP contribution is -2.25. The van der Waals surface area contributed by atoms with E-state index in [2.05, 4.69) is 0 Å². The van der Waals surface area contributed by atoms with Gasteiger partial charge in [0.25, 0.3) is 0 Å². The normalized spacial score (nSPS) is 11.7.